The van der Waals surface area contributed by atoms with E-state index in [2.05, 4.69) is 39.7 Å². The van der Waals surface area contributed by atoms with Crippen LogP contribution in [0.1, 0.15) is 35.8 Å². The van der Waals surface area contributed by atoms with Crippen molar-refractivity contribution in [3.8, 4) is 11.3 Å². The summed E-state index contributed by atoms with van der Waals surface area (Å²) in [6, 6.07) is 20.8. The summed E-state index contributed by atoms with van der Waals surface area (Å²) in [6.45, 7) is 3.67. The van der Waals surface area contributed by atoms with Crippen LogP contribution in [0.5, 0.6) is 0 Å². The predicted molar refractivity (Wildman–Crippen MR) is 161 cm³/mol. The Morgan fingerprint density at radius 1 is 1.00 bits per heavy atom. The maximum atomic E-state index is 12.6. The summed E-state index contributed by atoms with van der Waals surface area (Å²) in [5, 5.41) is 7.18. The van der Waals surface area contributed by atoms with Crippen LogP contribution in [-0.2, 0) is 19.1 Å². The van der Waals surface area contributed by atoms with Crippen molar-refractivity contribution in [2.24, 2.45) is 5.73 Å². The zero-order valence-corrected chi connectivity index (χ0v) is 23.6. The number of fused-ring (bicyclic) bond motifs is 1. The van der Waals surface area contributed by atoms with Crippen LogP contribution in [0, 0.1) is 6.92 Å². The number of carbonyl (C=O) groups is 4. The smallest absolute Gasteiger partial charge is 0.330 e. The van der Waals surface area contributed by atoms with Crippen molar-refractivity contribution >= 4 is 34.5 Å². The minimum atomic E-state index is -0.632. The average molecular weight is 570 g/mol. The van der Waals surface area contributed by atoms with Gasteiger partial charge in [-0.05, 0) is 37.8 Å². The minimum Gasteiger partial charge on any atom is -0.463 e. The maximum absolute atomic E-state index is 12.6. The summed E-state index contributed by atoms with van der Waals surface area (Å²) in [5.41, 5.74) is 8.36. The van der Waals surface area contributed by atoms with Gasteiger partial charge in [-0.1, -0.05) is 66.2 Å². The first kappa shape index (κ1) is 31.3. The first-order chi connectivity index (χ1) is 20.3. The summed E-state index contributed by atoms with van der Waals surface area (Å²) in [7, 11) is 0. The molecule has 2 aromatic carbocycles. The van der Waals surface area contributed by atoms with Gasteiger partial charge >= 0.3 is 5.97 Å². The fourth-order valence-corrected chi connectivity index (χ4v) is 3.96. The third kappa shape index (κ3) is 10.1. The summed E-state index contributed by atoms with van der Waals surface area (Å²) in [4.78, 5) is 54.9. The van der Waals surface area contributed by atoms with E-state index in [4.69, 9.17) is 10.5 Å². The molecule has 2 heterocycles. The monoisotopic (exact) mass is 569 g/mol. The van der Waals surface area contributed by atoms with E-state index in [1.54, 1.807) is 31.5 Å². The number of carbonyl (C=O) groups excluding carboxylic acids is 4. The van der Waals surface area contributed by atoms with Crippen LogP contribution >= 0.6 is 0 Å². The number of esters is 1. The fourth-order valence-electron chi connectivity index (χ4n) is 3.96. The van der Waals surface area contributed by atoms with Crippen LogP contribution in [-0.4, -0.2) is 52.9 Å². The number of rotatable bonds is 11. The van der Waals surface area contributed by atoms with E-state index in [0.717, 1.165) is 22.0 Å². The largest absolute Gasteiger partial charge is 0.463 e. The third-order valence-corrected chi connectivity index (χ3v) is 6.04. The molecule has 0 aliphatic carbocycles. The van der Waals surface area contributed by atoms with Crippen LogP contribution in [0.3, 0.4) is 0 Å². The molecule has 218 valence electrons. The zero-order chi connectivity index (χ0) is 30.3. The summed E-state index contributed by atoms with van der Waals surface area (Å²) < 4.78 is 4.81. The average Bonchev–Trinajstić information content (AvgIpc) is 3.48. The highest BCUT2D eigenvalue weighted by Crippen LogP contribution is 2.26. The highest BCUT2D eigenvalue weighted by Gasteiger charge is 2.15. The van der Waals surface area contributed by atoms with Crippen LogP contribution in [0.4, 0.5) is 0 Å². The molecule has 0 fully saturated rings. The lowest BCUT2D eigenvalue weighted by molar-refractivity contribution is -0.137. The van der Waals surface area contributed by atoms with Crippen molar-refractivity contribution < 1.29 is 23.9 Å². The van der Waals surface area contributed by atoms with Crippen molar-refractivity contribution in [2.45, 2.75) is 32.7 Å². The van der Waals surface area contributed by atoms with Gasteiger partial charge in [0.1, 0.15) is 5.69 Å². The quantitative estimate of drug-likeness (QED) is 0.159. The predicted octanol–water partition coefficient (Wildman–Crippen LogP) is 3.82. The van der Waals surface area contributed by atoms with E-state index in [1.165, 1.54) is 17.7 Å². The molecule has 0 aliphatic rings. The lowest BCUT2D eigenvalue weighted by atomic mass is 10.1. The van der Waals surface area contributed by atoms with Gasteiger partial charge in [0.2, 0.25) is 11.8 Å². The highest BCUT2D eigenvalue weighted by atomic mass is 16.5. The van der Waals surface area contributed by atoms with Crippen molar-refractivity contribution in [1.82, 2.24) is 20.6 Å². The van der Waals surface area contributed by atoms with E-state index in [1.807, 2.05) is 42.5 Å². The van der Waals surface area contributed by atoms with Gasteiger partial charge in [0.05, 0.1) is 13.2 Å². The van der Waals surface area contributed by atoms with Gasteiger partial charge in [-0.15, -0.1) is 0 Å². The lowest BCUT2D eigenvalue weighted by Crippen LogP contribution is -2.41. The molecule has 0 saturated heterocycles. The first-order valence-electron chi connectivity index (χ1n) is 13.5. The molecule has 2 aromatic heterocycles. The Labute approximate surface area is 244 Å². The molecule has 1 atom stereocenters. The van der Waals surface area contributed by atoms with Crippen molar-refractivity contribution in [3.63, 3.8) is 0 Å². The number of nitrogens with one attached hydrogen (secondary N) is 3. The molecule has 4 rings (SSSR count). The maximum Gasteiger partial charge on any atom is 0.330 e. The number of primary amides is 1. The summed E-state index contributed by atoms with van der Waals surface area (Å²) in [5.74, 6) is -2.06. The topological polar surface area (TPSA) is 156 Å². The van der Waals surface area contributed by atoms with Crippen molar-refractivity contribution in [1.29, 1.82) is 0 Å². The second kappa shape index (κ2) is 16.1. The lowest BCUT2D eigenvalue weighted by Gasteiger charge is -2.14. The molecule has 0 bridgehead atoms. The van der Waals surface area contributed by atoms with Crippen molar-refractivity contribution in [2.75, 3.05) is 13.2 Å². The van der Waals surface area contributed by atoms with Crippen LogP contribution in [0.15, 0.2) is 91.3 Å². The van der Waals surface area contributed by atoms with E-state index in [9.17, 15) is 19.2 Å². The molecule has 1 unspecified atom stereocenters. The van der Waals surface area contributed by atoms with E-state index >= 15 is 0 Å². The highest BCUT2D eigenvalue weighted by molar-refractivity contribution is 5.98. The van der Waals surface area contributed by atoms with Gasteiger partial charge in [-0.3, -0.25) is 19.4 Å². The molecule has 3 amide bonds. The SMILES string of the molecule is CCOC(=O)/C=C/C(CCC(N)=O)NC(=O)CNC(=O)c1ccc(-c2cncc3ccccc23)[nH]1.Cc1ccccc1. The number of hydrogen-bond acceptors (Lipinski definition) is 6. The number of amides is 3. The Bertz CT molecular complexity index is 1530. The number of nitrogens with two attached hydrogens (primary N) is 1. The van der Waals surface area contributed by atoms with E-state index in [0.29, 0.717) is 0 Å². The Morgan fingerprint density at radius 2 is 1.74 bits per heavy atom. The fraction of sp³-hybridized carbons (Fsp3) is 0.219. The van der Waals surface area contributed by atoms with Gasteiger partial charge in [-0.25, -0.2) is 4.79 Å². The minimum absolute atomic E-state index is 0.0126. The van der Waals surface area contributed by atoms with Gasteiger partial charge in [-0.2, -0.15) is 0 Å². The number of H-pyrrole nitrogens is 1. The standard InChI is InChI=1S/C25H27N5O5.C7H8/c1-2-35-24(33)12-8-17(7-11-22(26)31)29-23(32)15-28-25(34)21-10-9-20(30-21)19-14-27-13-16-5-3-4-6-18(16)19;1-7-5-3-2-4-6-7/h3-6,8-10,12-14,17,30H,2,7,11,15H2,1H3,(H2,26,31)(H,28,34)(H,29,32);2-6H,1H3/b12-8+;. The molecule has 0 radical (unpaired) electrons. The van der Waals surface area contributed by atoms with Crippen LogP contribution in [0.25, 0.3) is 22.0 Å². The van der Waals surface area contributed by atoms with Gasteiger partial charge in [0, 0.05) is 47.6 Å². The van der Waals surface area contributed by atoms with E-state index < -0.39 is 29.7 Å². The number of pyridine rings is 1. The normalized spacial score (nSPS) is 11.3. The van der Waals surface area contributed by atoms with Crippen LogP contribution in [0.2, 0.25) is 0 Å². The number of hydrogen-bond donors (Lipinski definition) is 4. The number of aromatic amines is 1. The molecule has 42 heavy (non-hydrogen) atoms. The number of aryl methyl sites for hydroxylation is 1. The molecular formula is C32H35N5O5. The number of ether oxygens (including phenoxy) is 1. The molecule has 10 nitrogen and oxygen atoms in total. The number of nitrogens with zero attached hydrogens (tertiary/aromatic N) is 1. The molecule has 0 aliphatic heterocycles. The zero-order valence-electron chi connectivity index (χ0n) is 23.6. The molecule has 4 aromatic rings. The third-order valence-electron chi connectivity index (χ3n) is 6.04. The summed E-state index contributed by atoms with van der Waals surface area (Å²) >= 11 is 0. The number of benzene rings is 2. The molecule has 0 saturated carbocycles. The van der Waals surface area contributed by atoms with Gasteiger partial charge in [0.15, 0.2) is 0 Å². The Kier molecular flexibility index (Phi) is 12.0. The Balaban J connectivity index is 0.000000603. The molecule has 0 spiro atoms. The second-order valence-corrected chi connectivity index (χ2v) is 9.32. The van der Waals surface area contributed by atoms with Crippen LogP contribution < -0.4 is 16.4 Å². The molecule has 5 N–H and O–H groups in total. The summed E-state index contributed by atoms with van der Waals surface area (Å²) in [6.07, 6.45) is 6.31. The van der Waals surface area contributed by atoms with Gasteiger partial charge < -0.3 is 26.1 Å². The van der Waals surface area contributed by atoms with Crippen molar-refractivity contribution in [3.05, 3.63) is 103 Å². The van der Waals surface area contributed by atoms with Gasteiger partial charge in [0.25, 0.3) is 5.91 Å². The first-order valence-corrected chi connectivity index (χ1v) is 13.5. The number of aromatic nitrogens is 2. The second-order valence-electron chi connectivity index (χ2n) is 9.32. The van der Waals surface area contributed by atoms with E-state index in [-0.39, 0.29) is 31.7 Å². The molecular weight excluding hydrogens is 534 g/mol. The Hall–Kier alpha value is -5.25. The molecule has 10 heteroatoms. The Morgan fingerprint density at radius 3 is 2.43 bits per heavy atom.